The van der Waals surface area contributed by atoms with Gasteiger partial charge in [0.05, 0.1) is 39.9 Å². The second-order valence-electron chi connectivity index (χ2n) is 20.3. The number of quaternary nitrogens is 1. The van der Waals surface area contributed by atoms with Crippen LogP contribution in [0.3, 0.4) is 0 Å². The second-order valence-corrected chi connectivity index (χ2v) is 21.7. The van der Waals surface area contributed by atoms with Gasteiger partial charge in [0.15, 0.2) is 0 Å². The first-order valence-corrected chi connectivity index (χ1v) is 29.9. The molecule has 0 aromatic heterocycles. The number of nitrogens with one attached hydrogen (secondary N) is 1. The highest BCUT2D eigenvalue weighted by molar-refractivity contribution is 7.47. The van der Waals surface area contributed by atoms with E-state index >= 15 is 0 Å². The van der Waals surface area contributed by atoms with Crippen molar-refractivity contribution in [2.75, 3.05) is 40.9 Å². The number of carbonyl (C=O) groups excluding carboxylic acids is 1. The molecular formula is C60H110N2O6P+. The second kappa shape index (κ2) is 50.6. The minimum Gasteiger partial charge on any atom is -0.391 e. The molecule has 3 unspecified atom stereocenters. The Morgan fingerprint density at radius 2 is 0.870 bits per heavy atom. The molecule has 8 nitrogen and oxygen atoms in total. The van der Waals surface area contributed by atoms with Crippen molar-refractivity contribution < 1.29 is 32.9 Å². The molecule has 0 saturated heterocycles. The number of hydrogen-bond donors (Lipinski definition) is 3. The van der Waals surface area contributed by atoms with E-state index in [0.717, 1.165) is 83.5 Å². The number of aliphatic hydroxyl groups excluding tert-OH is 1. The van der Waals surface area contributed by atoms with Gasteiger partial charge in [-0.25, -0.2) is 4.57 Å². The van der Waals surface area contributed by atoms with Gasteiger partial charge < -0.3 is 19.8 Å². The highest BCUT2D eigenvalue weighted by atomic mass is 31.2. The number of carbonyl (C=O) groups is 1. The van der Waals surface area contributed by atoms with Crippen molar-refractivity contribution in [3.05, 3.63) is 85.1 Å². The molecule has 0 aromatic rings. The summed E-state index contributed by atoms with van der Waals surface area (Å²) in [6.45, 7) is 4.74. The normalized spacial score (nSPS) is 14.6. The van der Waals surface area contributed by atoms with Crippen LogP contribution in [-0.2, 0) is 18.4 Å². The predicted molar refractivity (Wildman–Crippen MR) is 299 cm³/mol. The molecule has 0 bridgehead atoms. The van der Waals surface area contributed by atoms with Gasteiger partial charge in [-0.05, 0) is 70.6 Å². The lowest BCUT2D eigenvalue weighted by Crippen LogP contribution is -2.46. The topological polar surface area (TPSA) is 105 Å². The van der Waals surface area contributed by atoms with E-state index in [1.54, 1.807) is 0 Å². The molecule has 0 aliphatic rings. The van der Waals surface area contributed by atoms with Crippen LogP contribution >= 0.6 is 7.82 Å². The number of likely N-dealkylation sites (N-methyl/N-ethyl adjacent to an activating group) is 1. The molecule has 400 valence electrons. The van der Waals surface area contributed by atoms with Gasteiger partial charge in [0.2, 0.25) is 5.91 Å². The van der Waals surface area contributed by atoms with E-state index in [-0.39, 0.29) is 19.1 Å². The third-order valence-electron chi connectivity index (χ3n) is 12.4. The van der Waals surface area contributed by atoms with Gasteiger partial charge in [0.1, 0.15) is 13.2 Å². The minimum absolute atomic E-state index is 0.0729. The molecule has 0 aliphatic heterocycles. The summed E-state index contributed by atoms with van der Waals surface area (Å²) in [6.07, 6.45) is 71.0. The first-order valence-electron chi connectivity index (χ1n) is 28.5. The number of unbranched alkanes of at least 4 members (excludes halogenated alkanes) is 24. The number of hydrogen-bond acceptors (Lipinski definition) is 5. The van der Waals surface area contributed by atoms with Gasteiger partial charge in [-0.15, -0.1) is 0 Å². The highest BCUT2D eigenvalue weighted by Gasteiger charge is 2.28. The maximum Gasteiger partial charge on any atom is 0.472 e. The largest absolute Gasteiger partial charge is 0.472 e. The van der Waals surface area contributed by atoms with Crippen LogP contribution in [0.1, 0.15) is 239 Å². The molecule has 3 N–H and O–H groups in total. The zero-order valence-electron chi connectivity index (χ0n) is 45.5. The standard InChI is InChI=1S/C60H109N2O6P/c1-6-8-10-12-14-16-17-18-19-20-21-22-23-24-25-26-27-28-29-30-31-32-33-34-35-36-37-38-39-40-41-42-43-44-45-46-48-50-52-54-60(64)61-58(57-68-69(65,66)67-56-55-62(3,4)5)59(63)53-51-49-47-15-13-11-9-7-2/h8,10,14,16,18-19,21-22,24-25,27-28,30-31,58-59,63H,6-7,9,11-13,15,17,20,23,26,29,32-57H2,1-5H3,(H-,61,64,65,66)/p+1/b10-8-,16-14-,19-18-,22-21-,25-24-,28-27-,31-30-. The number of phosphoric acid groups is 1. The number of nitrogens with zero attached hydrogens (tertiary/aromatic N) is 1. The number of rotatable bonds is 51. The molecular weight excluding hydrogens is 876 g/mol. The van der Waals surface area contributed by atoms with E-state index in [2.05, 4.69) is 104 Å². The molecule has 0 fully saturated rings. The van der Waals surface area contributed by atoms with Crippen molar-refractivity contribution in [1.29, 1.82) is 0 Å². The molecule has 0 saturated carbocycles. The Hall–Kier alpha value is -2.32. The van der Waals surface area contributed by atoms with Crippen LogP contribution < -0.4 is 5.32 Å². The van der Waals surface area contributed by atoms with Crippen molar-refractivity contribution in [3.8, 4) is 0 Å². The summed E-state index contributed by atoms with van der Waals surface area (Å²) in [5.74, 6) is -0.148. The smallest absolute Gasteiger partial charge is 0.391 e. The van der Waals surface area contributed by atoms with E-state index in [1.807, 2.05) is 21.1 Å². The lowest BCUT2D eigenvalue weighted by Gasteiger charge is -2.26. The van der Waals surface area contributed by atoms with Crippen molar-refractivity contribution in [2.24, 2.45) is 0 Å². The molecule has 0 aliphatic carbocycles. The minimum atomic E-state index is -4.31. The van der Waals surface area contributed by atoms with Gasteiger partial charge >= 0.3 is 7.82 Å². The molecule has 9 heteroatoms. The summed E-state index contributed by atoms with van der Waals surface area (Å²) in [7, 11) is 1.61. The van der Waals surface area contributed by atoms with Gasteiger partial charge in [-0.3, -0.25) is 13.8 Å². The number of aliphatic hydroxyl groups is 1. The fraction of sp³-hybridized carbons (Fsp3) is 0.750. The fourth-order valence-electron chi connectivity index (χ4n) is 7.97. The third kappa shape index (κ3) is 53.3. The summed E-state index contributed by atoms with van der Waals surface area (Å²) in [5.41, 5.74) is 0. The Morgan fingerprint density at radius 1 is 0.507 bits per heavy atom. The zero-order chi connectivity index (χ0) is 50.6. The van der Waals surface area contributed by atoms with E-state index in [0.29, 0.717) is 23.9 Å². The summed E-state index contributed by atoms with van der Waals surface area (Å²) in [4.78, 5) is 23.2. The summed E-state index contributed by atoms with van der Waals surface area (Å²) in [5, 5.41) is 13.9. The van der Waals surface area contributed by atoms with Crippen molar-refractivity contribution >= 4 is 13.7 Å². The van der Waals surface area contributed by atoms with E-state index in [4.69, 9.17) is 9.05 Å². The lowest BCUT2D eigenvalue weighted by molar-refractivity contribution is -0.870. The number of amides is 1. The van der Waals surface area contributed by atoms with Crippen molar-refractivity contribution in [1.82, 2.24) is 5.32 Å². The van der Waals surface area contributed by atoms with Crippen LogP contribution in [0.2, 0.25) is 0 Å². The summed E-state index contributed by atoms with van der Waals surface area (Å²) in [6, 6.07) is -0.760. The van der Waals surface area contributed by atoms with Crippen LogP contribution in [-0.4, -0.2) is 73.4 Å². The molecule has 69 heavy (non-hydrogen) atoms. The molecule has 0 spiro atoms. The van der Waals surface area contributed by atoms with Crippen LogP contribution in [0.15, 0.2) is 85.1 Å². The lowest BCUT2D eigenvalue weighted by atomic mass is 10.0. The fourth-order valence-corrected chi connectivity index (χ4v) is 8.70. The maximum absolute atomic E-state index is 12.9. The van der Waals surface area contributed by atoms with Crippen molar-refractivity contribution in [3.63, 3.8) is 0 Å². The van der Waals surface area contributed by atoms with Crippen LogP contribution in [0, 0.1) is 0 Å². The third-order valence-corrected chi connectivity index (χ3v) is 13.4. The zero-order valence-corrected chi connectivity index (χ0v) is 46.4. The van der Waals surface area contributed by atoms with E-state index < -0.39 is 20.0 Å². The maximum atomic E-state index is 12.9. The molecule has 0 aromatic carbocycles. The van der Waals surface area contributed by atoms with E-state index in [1.165, 1.54) is 128 Å². The van der Waals surface area contributed by atoms with Gasteiger partial charge in [-0.1, -0.05) is 247 Å². The van der Waals surface area contributed by atoms with Gasteiger partial charge in [0, 0.05) is 6.42 Å². The molecule has 0 radical (unpaired) electrons. The first-order chi connectivity index (χ1) is 33.5. The predicted octanol–water partition coefficient (Wildman–Crippen LogP) is 17.3. The van der Waals surface area contributed by atoms with E-state index in [9.17, 15) is 19.4 Å². The van der Waals surface area contributed by atoms with Gasteiger partial charge in [-0.2, -0.15) is 0 Å². The van der Waals surface area contributed by atoms with Crippen LogP contribution in [0.25, 0.3) is 0 Å². The van der Waals surface area contributed by atoms with Crippen molar-refractivity contribution in [2.45, 2.75) is 251 Å². The number of phosphoric ester groups is 1. The Kier molecular flexibility index (Phi) is 48.9. The Bertz CT molecular complexity index is 1400. The average molecular weight is 987 g/mol. The van der Waals surface area contributed by atoms with Crippen LogP contribution in [0.5, 0.6) is 0 Å². The summed E-state index contributed by atoms with van der Waals surface area (Å²) < 4.78 is 23.6. The molecule has 3 atom stereocenters. The first kappa shape index (κ1) is 66.7. The highest BCUT2D eigenvalue weighted by Crippen LogP contribution is 2.43. The molecule has 1 amide bonds. The molecule has 0 heterocycles. The Balaban J connectivity index is 3.86. The Labute approximate surface area is 426 Å². The van der Waals surface area contributed by atoms with Crippen LogP contribution in [0.4, 0.5) is 0 Å². The molecule has 0 rings (SSSR count). The summed E-state index contributed by atoms with van der Waals surface area (Å²) >= 11 is 0. The SMILES string of the molecule is CC/C=C\C/C=C\C/C=C\C/C=C\C/C=C\C/C=C\C/C=C\CCCCCCCCCCCCCCCCCCCC(=O)NC(COP(=O)(O)OCC[N+](C)(C)C)C(O)CCCCCCCCCC. The Morgan fingerprint density at radius 3 is 1.28 bits per heavy atom. The monoisotopic (exact) mass is 986 g/mol. The number of allylic oxidation sites excluding steroid dienone is 14. The van der Waals surface area contributed by atoms with Gasteiger partial charge in [0.25, 0.3) is 0 Å². The average Bonchev–Trinajstić information content (AvgIpc) is 3.31. The quantitative estimate of drug-likeness (QED) is 0.0243.